The van der Waals surface area contributed by atoms with E-state index in [1.165, 1.54) is 31.4 Å². The Kier molecular flexibility index (Phi) is 4.00. The van der Waals surface area contributed by atoms with Crippen LogP contribution in [0.15, 0.2) is 18.2 Å². The summed E-state index contributed by atoms with van der Waals surface area (Å²) < 4.78 is 19.0. The average Bonchev–Trinajstić information content (AvgIpc) is 2.12. The Morgan fingerprint density at radius 1 is 1.41 bits per heavy atom. The highest BCUT2D eigenvalue weighted by Crippen LogP contribution is 2.27. The number of halogens is 1. The molecular weight excluding hydrogens is 217 g/mol. The van der Waals surface area contributed by atoms with Crippen LogP contribution in [-0.2, 0) is 6.42 Å². The Bertz CT molecular complexity index is 374. The van der Waals surface area contributed by atoms with Crippen LogP contribution < -0.4 is 10.5 Å². The van der Waals surface area contributed by atoms with E-state index < -0.39 is 0 Å². The number of benzene rings is 1. The van der Waals surface area contributed by atoms with E-state index in [0.717, 1.165) is 5.56 Å². The van der Waals surface area contributed by atoms with E-state index in [-0.39, 0.29) is 11.9 Å². The Balaban J connectivity index is 1.97. The standard InChI is InChI=1S/C14H20FNO/c1-10(16)5-12-6-13(15)8-14(7-12)17-9-11-3-2-4-11/h6-8,10-11H,2-5,9,16H2,1H3. The Morgan fingerprint density at radius 3 is 2.76 bits per heavy atom. The summed E-state index contributed by atoms with van der Waals surface area (Å²) >= 11 is 0. The molecular formula is C14H20FNO. The summed E-state index contributed by atoms with van der Waals surface area (Å²) in [6, 6.07) is 4.91. The molecule has 1 saturated carbocycles. The van der Waals surface area contributed by atoms with Gasteiger partial charge in [-0.2, -0.15) is 0 Å². The lowest BCUT2D eigenvalue weighted by Crippen LogP contribution is -2.20. The monoisotopic (exact) mass is 237 g/mol. The molecule has 17 heavy (non-hydrogen) atoms. The summed E-state index contributed by atoms with van der Waals surface area (Å²) in [6.45, 7) is 2.63. The van der Waals surface area contributed by atoms with Gasteiger partial charge in [0.1, 0.15) is 11.6 Å². The molecule has 94 valence electrons. The Morgan fingerprint density at radius 2 is 2.18 bits per heavy atom. The number of rotatable bonds is 5. The van der Waals surface area contributed by atoms with E-state index in [1.54, 1.807) is 0 Å². The molecule has 2 N–H and O–H groups in total. The third-order valence-corrected chi connectivity index (χ3v) is 3.20. The van der Waals surface area contributed by atoms with Crippen molar-refractivity contribution in [3.8, 4) is 5.75 Å². The van der Waals surface area contributed by atoms with Crippen molar-refractivity contribution in [2.75, 3.05) is 6.61 Å². The van der Waals surface area contributed by atoms with Crippen LogP contribution >= 0.6 is 0 Å². The van der Waals surface area contributed by atoms with Crippen LogP contribution in [0.25, 0.3) is 0 Å². The lowest BCUT2D eigenvalue weighted by atomic mass is 9.86. The second kappa shape index (κ2) is 5.50. The third kappa shape index (κ3) is 3.70. The number of hydrogen-bond acceptors (Lipinski definition) is 2. The van der Waals surface area contributed by atoms with Crippen LogP contribution in [0.1, 0.15) is 31.7 Å². The van der Waals surface area contributed by atoms with Crippen LogP contribution in [0, 0.1) is 11.7 Å². The molecule has 1 unspecified atom stereocenters. The molecule has 2 nitrogen and oxygen atoms in total. The molecule has 0 amide bonds. The van der Waals surface area contributed by atoms with Crippen molar-refractivity contribution in [1.29, 1.82) is 0 Å². The summed E-state index contributed by atoms with van der Waals surface area (Å²) in [5, 5.41) is 0. The quantitative estimate of drug-likeness (QED) is 0.854. The van der Waals surface area contributed by atoms with Crippen LogP contribution in [0.2, 0.25) is 0 Å². The van der Waals surface area contributed by atoms with Gasteiger partial charge in [0.05, 0.1) is 6.61 Å². The maximum atomic E-state index is 13.4. The molecule has 0 spiro atoms. The fourth-order valence-electron chi connectivity index (χ4n) is 2.07. The SMILES string of the molecule is CC(N)Cc1cc(F)cc(OCC2CCC2)c1. The van der Waals surface area contributed by atoms with Crippen molar-refractivity contribution >= 4 is 0 Å². The number of ether oxygens (including phenoxy) is 1. The van der Waals surface area contributed by atoms with Crippen molar-refractivity contribution in [3.63, 3.8) is 0 Å². The normalized spacial score (nSPS) is 17.6. The lowest BCUT2D eigenvalue weighted by Gasteiger charge is -2.25. The van der Waals surface area contributed by atoms with Crippen molar-refractivity contribution in [1.82, 2.24) is 0 Å². The van der Waals surface area contributed by atoms with E-state index in [0.29, 0.717) is 24.7 Å². The van der Waals surface area contributed by atoms with Gasteiger partial charge in [0.25, 0.3) is 0 Å². The second-order valence-electron chi connectivity index (χ2n) is 5.08. The van der Waals surface area contributed by atoms with E-state index in [9.17, 15) is 4.39 Å². The summed E-state index contributed by atoms with van der Waals surface area (Å²) in [7, 11) is 0. The highest BCUT2D eigenvalue weighted by atomic mass is 19.1. The fourth-order valence-corrected chi connectivity index (χ4v) is 2.07. The van der Waals surface area contributed by atoms with Gasteiger partial charge in [-0.25, -0.2) is 4.39 Å². The summed E-state index contributed by atoms with van der Waals surface area (Å²) in [5.41, 5.74) is 6.62. The summed E-state index contributed by atoms with van der Waals surface area (Å²) in [4.78, 5) is 0. The Hall–Kier alpha value is -1.09. The van der Waals surface area contributed by atoms with Gasteiger partial charge < -0.3 is 10.5 Å². The predicted octanol–water partition coefficient (Wildman–Crippen LogP) is 2.89. The van der Waals surface area contributed by atoms with Gasteiger partial charge in [0.2, 0.25) is 0 Å². The smallest absolute Gasteiger partial charge is 0.127 e. The summed E-state index contributed by atoms with van der Waals surface area (Å²) in [5.74, 6) is 1.05. The van der Waals surface area contributed by atoms with Crippen molar-refractivity contribution in [3.05, 3.63) is 29.6 Å². The van der Waals surface area contributed by atoms with E-state index >= 15 is 0 Å². The van der Waals surface area contributed by atoms with Crippen molar-refractivity contribution < 1.29 is 9.13 Å². The summed E-state index contributed by atoms with van der Waals surface area (Å²) in [6.07, 6.45) is 4.45. The molecule has 0 saturated heterocycles. The van der Waals surface area contributed by atoms with Crippen LogP contribution in [0.4, 0.5) is 4.39 Å². The van der Waals surface area contributed by atoms with Gasteiger partial charge in [-0.05, 0) is 49.8 Å². The maximum Gasteiger partial charge on any atom is 0.127 e. The Labute approximate surface area is 102 Å². The fraction of sp³-hybridized carbons (Fsp3) is 0.571. The first-order chi connectivity index (χ1) is 8.13. The van der Waals surface area contributed by atoms with E-state index in [2.05, 4.69) is 0 Å². The number of hydrogen-bond donors (Lipinski definition) is 1. The molecule has 1 fully saturated rings. The minimum absolute atomic E-state index is 0.0382. The molecule has 1 aliphatic carbocycles. The zero-order valence-corrected chi connectivity index (χ0v) is 10.3. The van der Waals surface area contributed by atoms with Gasteiger partial charge in [0, 0.05) is 12.1 Å². The third-order valence-electron chi connectivity index (χ3n) is 3.20. The molecule has 0 aliphatic heterocycles. The first-order valence-electron chi connectivity index (χ1n) is 6.31. The van der Waals surface area contributed by atoms with Crippen LogP contribution in [-0.4, -0.2) is 12.6 Å². The molecule has 2 rings (SSSR count). The highest BCUT2D eigenvalue weighted by molar-refractivity contribution is 5.30. The van der Waals surface area contributed by atoms with Gasteiger partial charge in [-0.3, -0.25) is 0 Å². The molecule has 1 aromatic carbocycles. The van der Waals surface area contributed by atoms with Crippen molar-refractivity contribution in [2.45, 2.75) is 38.6 Å². The van der Waals surface area contributed by atoms with E-state index in [4.69, 9.17) is 10.5 Å². The molecule has 3 heteroatoms. The van der Waals surface area contributed by atoms with Gasteiger partial charge >= 0.3 is 0 Å². The molecule has 0 bridgehead atoms. The van der Waals surface area contributed by atoms with Gasteiger partial charge in [0.15, 0.2) is 0 Å². The van der Waals surface area contributed by atoms with Crippen LogP contribution in [0.3, 0.4) is 0 Å². The molecule has 1 aromatic rings. The zero-order valence-electron chi connectivity index (χ0n) is 10.3. The van der Waals surface area contributed by atoms with Gasteiger partial charge in [-0.1, -0.05) is 6.42 Å². The van der Waals surface area contributed by atoms with E-state index in [1.807, 2.05) is 13.0 Å². The topological polar surface area (TPSA) is 35.2 Å². The first kappa shape index (κ1) is 12.4. The minimum Gasteiger partial charge on any atom is -0.493 e. The maximum absolute atomic E-state index is 13.4. The second-order valence-corrected chi connectivity index (χ2v) is 5.08. The minimum atomic E-state index is -0.244. The molecule has 1 aliphatic rings. The van der Waals surface area contributed by atoms with Crippen LogP contribution in [0.5, 0.6) is 5.75 Å². The molecule has 0 aromatic heterocycles. The molecule has 1 atom stereocenters. The highest BCUT2D eigenvalue weighted by Gasteiger charge is 2.18. The zero-order chi connectivity index (χ0) is 12.3. The number of nitrogens with two attached hydrogens (primary N) is 1. The molecule has 0 heterocycles. The predicted molar refractivity (Wildman–Crippen MR) is 66.6 cm³/mol. The first-order valence-corrected chi connectivity index (χ1v) is 6.31. The largest absolute Gasteiger partial charge is 0.493 e. The lowest BCUT2D eigenvalue weighted by molar-refractivity contribution is 0.180. The molecule has 0 radical (unpaired) electrons. The van der Waals surface area contributed by atoms with Gasteiger partial charge in [-0.15, -0.1) is 0 Å². The average molecular weight is 237 g/mol. The van der Waals surface area contributed by atoms with Crippen molar-refractivity contribution in [2.24, 2.45) is 11.7 Å².